The summed E-state index contributed by atoms with van der Waals surface area (Å²) in [6.07, 6.45) is -8.84. The van der Waals surface area contributed by atoms with Crippen molar-refractivity contribution >= 4 is 17.2 Å². The molecular formula is C54H51F3N2O8S. The Morgan fingerprint density at radius 2 is 1.06 bits per heavy atom. The molecule has 2 saturated heterocycles. The summed E-state index contributed by atoms with van der Waals surface area (Å²) in [7, 11) is 0. The second-order valence-electron chi connectivity index (χ2n) is 16.5. The molecule has 9 atom stereocenters. The molecule has 0 aliphatic carbocycles. The number of nitrogens with zero attached hydrogens (tertiary/aromatic N) is 1. The first-order chi connectivity index (χ1) is 33.3. The van der Waals surface area contributed by atoms with E-state index in [2.05, 4.69) is 6.07 Å². The fourth-order valence-corrected chi connectivity index (χ4v) is 8.54. The highest BCUT2D eigenvalue weighted by Gasteiger charge is 2.52. The molecule has 2 heterocycles. The van der Waals surface area contributed by atoms with Crippen LogP contribution in [0.2, 0.25) is 0 Å². The minimum Gasteiger partial charge on any atom is -0.391 e. The molecule has 2 aliphatic heterocycles. The van der Waals surface area contributed by atoms with Gasteiger partial charge in [-0.25, -0.2) is 13.2 Å². The van der Waals surface area contributed by atoms with Gasteiger partial charge in [0.2, 0.25) is 0 Å². The second kappa shape index (κ2) is 23.9. The first kappa shape index (κ1) is 48.6. The number of hydrogen-bond acceptors (Lipinski definition) is 10. The van der Waals surface area contributed by atoms with Crippen molar-refractivity contribution in [2.75, 3.05) is 6.61 Å². The molecule has 8 rings (SSSR count). The Hall–Kier alpha value is -5.83. The molecule has 2 fully saturated rings. The van der Waals surface area contributed by atoms with Gasteiger partial charge in [-0.15, -0.1) is 0 Å². The quantitative estimate of drug-likeness (QED) is 0.0655. The van der Waals surface area contributed by atoms with Gasteiger partial charge in [-0.2, -0.15) is 5.26 Å². The maximum Gasteiger partial charge on any atom is 0.173 e. The van der Waals surface area contributed by atoms with Crippen molar-refractivity contribution in [3.05, 3.63) is 214 Å². The fraction of sp³-hybridized carbons (Fsp3) is 0.296. The van der Waals surface area contributed by atoms with E-state index in [0.29, 0.717) is 5.56 Å². The molecule has 0 bridgehead atoms. The van der Waals surface area contributed by atoms with E-state index in [4.69, 9.17) is 55.8 Å². The molecule has 0 aromatic heterocycles. The van der Waals surface area contributed by atoms with Gasteiger partial charge in [-0.1, -0.05) is 158 Å². The Labute approximate surface area is 399 Å². The molecule has 2 N–H and O–H groups in total. The lowest BCUT2D eigenvalue weighted by Gasteiger charge is -2.30. The molecule has 0 amide bonds. The summed E-state index contributed by atoms with van der Waals surface area (Å²) in [6, 6.07) is 48.0. The van der Waals surface area contributed by atoms with Crippen LogP contribution in [0.5, 0.6) is 0 Å². The van der Waals surface area contributed by atoms with Gasteiger partial charge in [0.15, 0.2) is 6.10 Å². The van der Waals surface area contributed by atoms with E-state index in [1.54, 1.807) is 54.6 Å². The lowest BCUT2D eigenvalue weighted by Crippen LogP contribution is -2.42. The van der Waals surface area contributed by atoms with Crippen molar-refractivity contribution in [3.8, 4) is 6.07 Å². The van der Waals surface area contributed by atoms with Crippen LogP contribution in [0.4, 0.5) is 13.2 Å². The molecule has 0 spiro atoms. The average molecular weight is 945 g/mol. The summed E-state index contributed by atoms with van der Waals surface area (Å²) < 4.78 is 98.1. The van der Waals surface area contributed by atoms with Crippen molar-refractivity contribution in [2.45, 2.75) is 94.6 Å². The van der Waals surface area contributed by atoms with Crippen LogP contribution in [-0.2, 0) is 77.5 Å². The summed E-state index contributed by atoms with van der Waals surface area (Å²) in [4.78, 5) is -0.0392. The number of thiocarbonyl (C=S) groups is 1. The summed E-state index contributed by atoms with van der Waals surface area (Å²) in [5, 5.41) is 10.5. The first-order valence-electron chi connectivity index (χ1n) is 22.3. The van der Waals surface area contributed by atoms with E-state index in [0.717, 1.165) is 16.7 Å². The number of benzene rings is 6. The van der Waals surface area contributed by atoms with Gasteiger partial charge in [0.1, 0.15) is 71.3 Å². The highest BCUT2D eigenvalue weighted by molar-refractivity contribution is 7.80. The molecule has 10 nitrogen and oxygen atoms in total. The lowest BCUT2D eigenvalue weighted by molar-refractivity contribution is -0.122. The maximum atomic E-state index is 17.5. The molecule has 6 aromatic carbocycles. The highest BCUT2D eigenvalue weighted by Crippen LogP contribution is 2.40. The Morgan fingerprint density at radius 1 is 0.559 bits per heavy atom. The Kier molecular flexibility index (Phi) is 17.1. The standard InChI is InChI=1S/C54H51F3N2O8S/c55-42-25-12-10-21-38(42)31-60-34-45-49(51(53(67-45)54(59)68)65-32-39-22-11-13-26-43(39)56)64-33-40-23-14-24-41(46(40)57)47(61-28-35-15-4-1-5-16-35)52-50(63-30-37-19-8-3-9-20-37)48(44(27-58)66-52)62-29-36-17-6-2-7-18-36/h1-26,44-45,47-53H,28-34H2,(H2,59,68)/t44-,45+,47?,48-,49+,50-,51+,52+,53+/m0/s1. The predicted molar refractivity (Wildman–Crippen MR) is 250 cm³/mol. The fourth-order valence-electron chi connectivity index (χ4n) is 8.35. The number of ether oxygens (including phenoxy) is 8. The van der Waals surface area contributed by atoms with Gasteiger partial charge < -0.3 is 43.6 Å². The van der Waals surface area contributed by atoms with Crippen molar-refractivity contribution in [1.82, 2.24) is 0 Å². The van der Waals surface area contributed by atoms with Crippen molar-refractivity contribution in [3.63, 3.8) is 0 Å². The second-order valence-corrected chi connectivity index (χ2v) is 16.9. The summed E-state index contributed by atoms with van der Waals surface area (Å²) >= 11 is 5.41. The first-order valence-corrected chi connectivity index (χ1v) is 22.7. The molecule has 68 heavy (non-hydrogen) atoms. The molecule has 0 saturated carbocycles. The van der Waals surface area contributed by atoms with Gasteiger partial charge in [-0.05, 0) is 28.8 Å². The normalized spacial score (nSPS) is 22.7. The van der Waals surface area contributed by atoms with Crippen LogP contribution in [0.1, 0.15) is 45.0 Å². The van der Waals surface area contributed by atoms with E-state index >= 15 is 4.39 Å². The lowest BCUT2D eigenvalue weighted by atomic mass is 9.95. The highest BCUT2D eigenvalue weighted by atomic mass is 32.1. The zero-order valence-electron chi connectivity index (χ0n) is 37.0. The minimum absolute atomic E-state index is 0.0392. The van der Waals surface area contributed by atoms with Crippen LogP contribution >= 0.6 is 12.2 Å². The molecule has 6 aromatic rings. The van der Waals surface area contributed by atoms with Crippen LogP contribution < -0.4 is 5.73 Å². The monoisotopic (exact) mass is 944 g/mol. The molecule has 352 valence electrons. The Bertz CT molecular complexity index is 2590. The third-order valence-electron chi connectivity index (χ3n) is 11.8. The van der Waals surface area contributed by atoms with Crippen LogP contribution in [0, 0.1) is 28.8 Å². The Balaban J connectivity index is 1.09. The van der Waals surface area contributed by atoms with Gasteiger partial charge in [0.05, 0.1) is 52.3 Å². The van der Waals surface area contributed by atoms with E-state index < -0.39 is 72.4 Å². The molecule has 1 unspecified atom stereocenters. The summed E-state index contributed by atoms with van der Waals surface area (Å²) in [5.41, 5.74) is 9.65. The number of hydrogen-bond donors (Lipinski definition) is 1. The summed E-state index contributed by atoms with van der Waals surface area (Å²) in [5.74, 6) is -1.56. The molecule has 2 aliphatic rings. The average Bonchev–Trinajstić information content (AvgIpc) is 3.90. The van der Waals surface area contributed by atoms with Crippen molar-refractivity contribution in [2.24, 2.45) is 5.73 Å². The van der Waals surface area contributed by atoms with Gasteiger partial charge in [-0.3, -0.25) is 0 Å². The third-order valence-corrected chi connectivity index (χ3v) is 12.1. The molecule has 0 radical (unpaired) electrons. The zero-order valence-corrected chi connectivity index (χ0v) is 37.8. The number of nitriles is 1. The molecular weight excluding hydrogens is 894 g/mol. The van der Waals surface area contributed by atoms with Gasteiger partial charge in [0, 0.05) is 22.3 Å². The predicted octanol–water partition coefficient (Wildman–Crippen LogP) is 9.56. The van der Waals surface area contributed by atoms with E-state index in [9.17, 15) is 14.0 Å². The summed E-state index contributed by atoms with van der Waals surface area (Å²) in [6.45, 7) is -0.285. The smallest absolute Gasteiger partial charge is 0.173 e. The number of rotatable bonds is 22. The number of nitrogens with two attached hydrogens (primary N) is 1. The van der Waals surface area contributed by atoms with Crippen molar-refractivity contribution in [1.29, 1.82) is 5.26 Å². The van der Waals surface area contributed by atoms with Crippen LogP contribution in [0.15, 0.2) is 158 Å². The molecule has 14 heteroatoms. The van der Waals surface area contributed by atoms with E-state index in [1.807, 2.05) is 91.0 Å². The van der Waals surface area contributed by atoms with Crippen molar-refractivity contribution < 1.29 is 51.1 Å². The van der Waals surface area contributed by atoms with Crippen LogP contribution in [0.3, 0.4) is 0 Å². The van der Waals surface area contributed by atoms with Gasteiger partial charge >= 0.3 is 0 Å². The van der Waals surface area contributed by atoms with Crippen LogP contribution in [0.25, 0.3) is 0 Å². The number of halogens is 3. The SMILES string of the molecule is N#C[C@@H]1O[C@H](C(OCc2ccccc2)c2cccc(CO[C@H]3[C@@H](OCc4ccccc4F)[C@H](C(N)=S)O[C@@H]3COCc3ccccc3F)c2F)[C@@H](OCc2ccccc2)[C@H]1OCc1ccccc1. The maximum absolute atomic E-state index is 17.5. The third kappa shape index (κ3) is 12.2. The van der Waals surface area contributed by atoms with Crippen LogP contribution in [-0.4, -0.2) is 60.4 Å². The topological polar surface area (TPSA) is 124 Å². The largest absolute Gasteiger partial charge is 0.391 e. The van der Waals surface area contributed by atoms with E-state index in [1.165, 1.54) is 12.1 Å². The van der Waals surface area contributed by atoms with Gasteiger partial charge in [0.25, 0.3) is 0 Å². The Morgan fingerprint density at radius 3 is 1.65 bits per heavy atom. The minimum atomic E-state index is -1.12. The van der Waals surface area contributed by atoms with E-state index in [-0.39, 0.29) is 67.9 Å². The zero-order chi connectivity index (χ0) is 47.2.